The van der Waals surface area contributed by atoms with Gasteiger partial charge in [-0.05, 0) is 44.0 Å². The largest absolute Gasteiger partial charge is 0.493 e. The Bertz CT molecular complexity index is 927. The smallest absolute Gasteiger partial charge is 0.166 e. The van der Waals surface area contributed by atoms with Gasteiger partial charge in [0, 0.05) is 24.1 Å². The van der Waals surface area contributed by atoms with Gasteiger partial charge in [0.15, 0.2) is 11.5 Å². The van der Waals surface area contributed by atoms with Crippen molar-refractivity contribution in [2.75, 3.05) is 27.8 Å². The van der Waals surface area contributed by atoms with Gasteiger partial charge in [0.2, 0.25) is 0 Å². The van der Waals surface area contributed by atoms with Gasteiger partial charge in [0.1, 0.15) is 18.0 Å². The number of carbonyl (C=O) groups excluding carboxylic acids is 1. The second-order valence-electron chi connectivity index (χ2n) is 9.33. The molecule has 28 heavy (non-hydrogen) atoms. The van der Waals surface area contributed by atoms with E-state index in [1.54, 1.807) is 14.2 Å². The predicted molar refractivity (Wildman–Crippen MR) is 104 cm³/mol. The minimum absolute atomic E-state index is 0.138. The lowest BCUT2D eigenvalue weighted by atomic mass is 9.34. The minimum atomic E-state index is -0.734. The fourth-order valence-corrected chi connectivity index (χ4v) is 7.97. The van der Waals surface area contributed by atoms with Crippen LogP contribution in [-0.2, 0) is 21.4 Å². The van der Waals surface area contributed by atoms with E-state index in [1.807, 2.05) is 6.07 Å². The van der Waals surface area contributed by atoms with Gasteiger partial charge in [-0.2, -0.15) is 0 Å². The number of aldehydes is 1. The van der Waals surface area contributed by atoms with Crippen LogP contribution in [0.1, 0.15) is 24.5 Å². The maximum absolute atomic E-state index is 12.4. The molecule has 148 valence electrons. The molecule has 7 atom stereocenters. The van der Waals surface area contributed by atoms with E-state index in [4.69, 9.17) is 14.2 Å². The van der Waals surface area contributed by atoms with Crippen LogP contribution in [0.5, 0.6) is 11.5 Å². The number of fused-ring (bicyclic) bond motifs is 1. The number of likely N-dealkylation sites (tertiary alicyclic amines) is 1. The van der Waals surface area contributed by atoms with Crippen molar-refractivity contribution in [3.63, 3.8) is 0 Å². The molecule has 0 amide bonds. The van der Waals surface area contributed by atoms with Crippen molar-refractivity contribution < 1.29 is 19.0 Å². The maximum Gasteiger partial charge on any atom is 0.166 e. The molecule has 4 aliphatic carbocycles. The summed E-state index contributed by atoms with van der Waals surface area (Å²) in [4.78, 5) is 14.9. The van der Waals surface area contributed by atoms with Crippen molar-refractivity contribution in [1.82, 2.24) is 4.90 Å². The maximum atomic E-state index is 12.4. The van der Waals surface area contributed by atoms with E-state index in [9.17, 15) is 4.79 Å². The average molecular weight is 381 g/mol. The first kappa shape index (κ1) is 17.0. The number of hydrogen-bond acceptors (Lipinski definition) is 5. The van der Waals surface area contributed by atoms with Crippen LogP contribution in [0.25, 0.3) is 0 Å². The summed E-state index contributed by atoms with van der Waals surface area (Å²) in [5.41, 5.74) is 1.64. The Balaban J connectivity index is 1.75. The highest BCUT2D eigenvalue weighted by atomic mass is 16.6. The number of likely N-dealkylation sites (N-methyl/N-ethyl adjacent to an activating group) is 1. The summed E-state index contributed by atoms with van der Waals surface area (Å²) in [6.45, 7) is 3.28. The van der Waals surface area contributed by atoms with E-state index < -0.39 is 5.60 Å². The third-order valence-electron chi connectivity index (χ3n) is 9.03. The molecule has 4 bridgehead atoms. The molecule has 5 heteroatoms. The summed E-state index contributed by atoms with van der Waals surface area (Å²) >= 11 is 0. The second-order valence-corrected chi connectivity index (χ2v) is 9.33. The second kappa shape index (κ2) is 5.00. The van der Waals surface area contributed by atoms with Gasteiger partial charge >= 0.3 is 0 Å². The molecule has 1 saturated heterocycles. The van der Waals surface area contributed by atoms with Crippen LogP contribution < -0.4 is 9.47 Å². The minimum Gasteiger partial charge on any atom is -0.493 e. The number of benzene rings is 1. The van der Waals surface area contributed by atoms with Crippen LogP contribution in [-0.4, -0.2) is 56.7 Å². The molecule has 2 aliphatic heterocycles. The fourth-order valence-electron chi connectivity index (χ4n) is 7.97. The lowest BCUT2D eigenvalue weighted by Crippen LogP contribution is -2.81. The quantitative estimate of drug-likeness (QED) is 0.594. The molecular formula is C23H27NO4. The van der Waals surface area contributed by atoms with E-state index in [0.717, 1.165) is 37.2 Å². The van der Waals surface area contributed by atoms with Crippen molar-refractivity contribution in [2.24, 2.45) is 17.3 Å². The summed E-state index contributed by atoms with van der Waals surface area (Å²) < 4.78 is 18.6. The van der Waals surface area contributed by atoms with Crippen molar-refractivity contribution >= 4 is 6.29 Å². The molecule has 2 heterocycles. The van der Waals surface area contributed by atoms with Crippen molar-refractivity contribution in [1.29, 1.82) is 0 Å². The molecular weight excluding hydrogens is 354 g/mol. The van der Waals surface area contributed by atoms with Crippen molar-refractivity contribution in [3.05, 3.63) is 35.4 Å². The fraction of sp³-hybridized carbons (Fsp3) is 0.609. The average Bonchev–Trinajstić information content (AvgIpc) is 3.08. The zero-order valence-electron chi connectivity index (χ0n) is 16.9. The van der Waals surface area contributed by atoms with Crippen molar-refractivity contribution in [3.8, 4) is 11.5 Å². The molecule has 1 aromatic carbocycles. The number of piperidine rings is 1. The van der Waals surface area contributed by atoms with Crippen molar-refractivity contribution in [2.45, 2.75) is 42.9 Å². The molecule has 0 radical (unpaired) electrons. The van der Waals surface area contributed by atoms with E-state index in [2.05, 4.69) is 37.1 Å². The monoisotopic (exact) mass is 381 g/mol. The van der Waals surface area contributed by atoms with Gasteiger partial charge in [0.25, 0.3) is 0 Å². The lowest BCUT2D eigenvalue weighted by molar-refractivity contribution is -0.232. The lowest BCUT2D eigenvalue weighted by Gasteiger charge is -2.72. The summed E-state index contributed by atoms with van der Waals surface area (Å²) in [5, 5.41) is 0. The molecule has 5 nitrogen and oxygen atoms in total. The molecule has 0 aromatic heterocycles. The van der Waals surface area contributed by atoms with Crippen LogP contribution in [0.4, 0.5) is 0 Å². The van der Waals surface area contributed by atoms with E-state index >= 15 is 0 Å². The Labute approximate surface area is 165 Å². The van der Waals surface area contributed by atoms with Gasteiger partial charge in [-0.25, -0.2) is 0 Å². The van der Waals surface area contributed by atoms with E-state index in [-0.39, 0.29) is 28.8 Å². The Morgan fingerprint density at radius 1 is 1.29 bits per heavy atom. The first-order valence-electron chi connectivity index (χ1n) is 10.3. The molecule has 0 N–H and O–H groups in total. The van der Waals surface area contributed by atoms with Crippen LogP contribution in [0, 0.1) is 17.3 Å². The molecule has 0 unspecified atom stereocenters. The Morgan fingerprint density at radius 2 is 2.11 bits per heavy atom. The number of ether oxygens (including phenoxy) is 3. The zero-order valence-corrected chi connectivity index (χ0v) is 16.9. The van der Waals surface area contributed by atoms with E-state index in [1.165, 1.54) is 11.1 Å². The topological polar surface area (TPSA) is 48.0 Å². The standard InChI is InChI=1S/C23H27NO4/c1-13-15(12-25)23(27-4)8-7-21(13)17-11-14-5-6-16(26-3)19-18(14)22(21,20(23)28-19)9-10-24(17)2/h5-8,12-13,15,17,20H,9-11H2,1-4H3/t13-,15-,17+,20+,21+,22-,23+/m0/s1. The molecule has 2 fully saturated rings. The molecule has 2 spiro atoms. The highest BCUT2D eigenvalue weighted by Gasteiger charge is 2.81. The Kier molecular flexibility index (Phi) is 3.05. The number of nitrogens with zero attached hydrogens (tertiary/aromatic N) is 1. The van der Waals surface area contributed by atoms with Crippen LogP contribution in [0.3, 0.4) is 0 Å². The molecule has 6 aliphatic rings. The summed E-state index contributed by atoms with van der Waals surface area (Å²) in [5.74, 6) is 1.61. The van der Waals surface area contributed by atoms with Crippen LogP contribution in [0.2, 0.25) is 0 Å². The number of methoxy groups -OCH3 is 2. The number of hydrogen-bond donors (Lipinski definition) is 0. The van der Waals surface area contributed by atoms with Gasteiger partial charge in [-0.1, -0.05) is 25.1 Å². The SMILES string of the molecule is COc1ccc2c3c1O[C@H]1[C@@]4(OC)C=C[C@@]5([C@@H](C)[C@@H]4C=O)[C@@H](C2)N(C)CC[C@]315. The number of carbonyl (C=O) groups is 1. The Morgan fingerprint density at radius 3 is 2.82 bits per heavy atom. The first-order chi connectivity index (χ1) is 13.5. The predicted octanol–water partition coefficient (Wildman–Crippen LogP) is 2.36. The van der Waals surface area contributed by atoms with Crippen LogP contribution >= 0.6 is 0 Å². The Hall–Kier alpha value is -1.85. The van der Waals surface area contributed by atoms with Gasteiger partial charge in [-0.3, -0.25) is 0 Å². The molecule has 1 saturated carbocycles. The normalized spacial score (nSPS) is 46.9. The number of rotatable bonds is 3. The summed E-state index contributed by atoms with van der Waals surface area (Å²) in [6.07, 6.45) is 7.44. The first-order valence-corrected chi connectivity index (χ1v) is 10.3. The van der Waals surface area contributed by atoms with Gasteiger partial charge in [-0.15, -0.1) is 0 Å². The molecule has 7 rings (SSSR count). The van der Waals surface area contributed by atoms with Gasteiger partial charge < -0.3 is 23.9 Å². The van der Waals surface area contributed by atoms with Gasteiger partial charge in [0.05, 0.1) is 18.4 Å². The zero-order chi connectivity index (χ0) is 19.5. The van der Waals surface area contributed by atoms with E-state index in [0.29, 0.717) is 6.04 Å². The summed E-state index contributed by atoms with van der Waals surface area (Å²) in [6, 6.07) is 4.60. The highest BCUT2D eigenvalue weighted by Crippen LogP contribution is 2.75. The highest BCUT2D eigenvalue weighted by molar-refractivity contribution is 5.70. The third kappa shape index (κ3) is 1.40. The molecule has 1 aromatic rings. The van der Waals surface area contributed by atoms with Crippen LogP contribution in [0.15, 0.2) is 24.3 Å². The third-order valence-corrected chi connectivity index (χ3v) is 9.03. The summed E-state index contributed by atoms with van der Waals surface area (Å²) in [7, 11) is 5.66.